The lowest BCUT2D eigenvalue weighted by atomic mass is 10.6. The third kappa shape index (κ3) is 2.46. The molecule has 0 aliphatic heterocycles. The molecule has 0 fully saturated rings. The van der Waals surface area contributed by atoms with Gasteiger partial charge in [-0.25, -0.2) is 13.3 Å². The van der Waals surface area contributed by atoms with Gasteiger partial charge in [-0.1, -0.05) is 11.8 Å². The van der Waals surface area contributed by atoms with E-state index in [1.54, 1.807) is 0 Å². The highest BCUT2D eigenvalue weighted by Gasteiger charge is 2.15. The zero-order chi connectivity index (χ0) is 11.6. The molecule has 1 amide bonds. The minimum Gasteiger partial charge on any atom is -0.263 e. The predicted molar refractivity (Wildman–Crippen MR) is 51.0 cm³/mol. The molecule has 1 atom stereocenters. The van der Waals surface area contributed by atoms with Crippen molar-refractivity contribution < 1.29 is 13.4 Å². The quantitative estimate of drug-likeness (QED) is 0.686. The van der Waals surface area contributed by atoms with Gasteiger partial charge < -0.3 is 0 Å². The summed E-state index contributed by atoms with van der Waals surface area (Å²) < 4.78 is 28.7. The first-order valence-electron chi connectivity index (χ1n) is 3.80. The molecule has 1 aromatic heterocycles. The Kier molecular flexibility index (Phi) is 2.98. The monoisotopic (exact) mass is 232 g/mol. The fourth-order valence-electron chi connectivity index (χ4n) is 0.878. The second kappa shape index (κ2) is 3.89. The van der Waals surface area contributed by atoms with Crippen molar-refractivity contribution in [3.8, 4) is 0 Å². The summed E-state index contributed by atoms with van der Waals surface area (Å²) in [6, 6.07) is 0. The van der Waals surface area contributed by atoms with E-state index in [1.165, 1.54) is 24.2 Å². The Labute approximate surface area is 86.0 Å². The fourth-order valence-corrected chi connectivity index (χ4v) is 2.16. The summed E-state index contributed by atoms with van der Waals surface area (Å²) in [5, 5.41) is 7.17. The summed E-state index contributed by atoms with van der Waals surface area (Å²) in [6.45, 7) is 2.77. The maximum Gasteiger partial charge on any atom is 0.313 e. The molecule has 8 heteroatoms. The van der Waals surface area contributed by atoms with E-state index >= 15 is 0 Å². The molecule has 6 nitrogen and oxygen atoms in total. The van der Waals surface area contributed by atoms with Crippen LogP contribution in [0.2, 0.25) is 0 Å². The zero-order valence-corrected chi connectivity index (χ0v) is 8.99. The van der Waals surface area contributed by atoms with Crippen LogP contribution in [0.5, 0.6) is 0 Å². The van der Waals surface area contributed by atoms with Crippen LogP contribution >= 0.6 is 0 Å². The topological polar surface area (TPSA) is 77.2 Å². The lowest BCUT2D eigenvalue weighted by molar-refractivity contribution is -0.115. The van der Waals surface area contributed by atoms with E-state index in [4.69, 9.17) is 0 Å². The van der Waals surface area contributed by atoms with Crippen molar-refractivity contribution in [3.05, 3.63) is 18.6 Å². The number of carbonyl (C=O) groups excluding carboxylic acids is 1. The van der Waals surface area contributed by atoms with Gasteiger partial charge in [-0.15, -0.1) is 9.46 Å². The summed E-state index contributed by atoms with van der Waals surface area (Å²) in [5.74, 6) is -2.48. The number of rotatable bonds is 2. The van der Waals surface area contributed by atoms with Gasteiger partial charge in [-0.05, 0) is 0 Å². The number of carbonyl (C=O) groups is 1. The van der Waals surface area contributed by atoms with Crippen LogP contribution in [0, 0.1) is 0 Å². The number of hydrogen-bond acceptors (Lipinski definition) is 4. The number of hydrogen-bond donors (Lipinski definition) is 0. The van der Waals surface area contributed by atoms with Crippen LogP contribution in [0.4, 0.5) is 4.39 Å². The Bertz CT molecular complexity index is 527. The molecule has 1 aromatic rings. The first-order chi connectivity index (χ1) is 6.84. The van der Waals surface area contributed by atoms with Gasteiger partial charge in [-0.3, -0.25) is 4.79 Å². The van der Waals surface area contributed by atoms with Crippen molar-refractivity contribution in [1.82, 2.24) is 15.0 Å². The van der Waals surface area contributed by atoms with Crippen LogP contribution in [-0.4, -0.2) is 31.4 Å². The van der Waals surface area contributed by atoms with Crippen LogP contribution in [0.3, 0.4) is 0 Å². The molecule has 1 unspecified atom stereocenters. The number of aromatic nitrogens is 3. The van der Waals surface area contributed by atoms with Crippen LogP contribution in [0.15, 0.2) is 28.0 Å². The van der Waals surface area contributed by atoms with Gasteiger partial charge in [0.05, 0.1) is 15.9 Å². The minimum absolute atomic E-state index is 0.150. The van der Waals surface area contributed by atoms with Crippen LogP contribution in [0.1, 0.15) is 0 Å². The molecule has 1 heterocycles. The SMILES string of the molecule is C=C(F)C(=O)N=S(C)(=O)c1cnnn1C. The van der Waals surface area contributed by atoms with E-state index in [-0.39, 0.29) is 5.03 Å². The Balaban J connectivity index is 3.26. The summed E-state index contributed by atoms with van der Waals surface area (Å²) >= 11 is 0. The molecule has 1 rings (SSSR count). The molecule has 0 saturated heterocycles. The van der Waals surface area contributed by atoms with Gasteiger partial charge in [-0.2, -0.15) is 0 Å². The molecule has 82 valence electrons. The minimum atomic E-state index is -3.03. The first-order valence-corrected chi connectivity index (χ1v) is 5.72. The molecule has 0 saturated carbocycles. The number of nitrogens with zero attached hydrogens (tertiary/aromatic N) is 4. The van der Waals surface area contributed by atoms with E-state index in [0.29, 0.717) is 0 Å². The molecule has 0 aromatic carbocycles. The number of aryl methyl sites for hydroxylation is 1. The van der Waals surface area contributed by atoms with Gasteiger partial charge in [0.2, 0.25) is 0 Å². The Morgan fingerprint density at radius 1 is 1.73 bits per heavy atom. The van der Waals surface area contributed by atoms with E-state index in [9.17, 15) is 13.4 Å². The molecule has 15 heavy (non-hydrogen) atoms. The Morgan fingerprint density at radius 2 is 2.33 bits per heavy atom. The largest absolute Gasteiger partial charge is 0.313 e. The van der Waals surface area contributed by atoms with E-state index < -0.39 is 21.5 Å². The van der Waals surface area contributed by atoms with E-state index in [0.717, 1.165) is 0 Å². The number of halogens is 1. The highest BCUT2D eigenvalue weighted by Crippen LogP contribution is 2.09. The summed E-state index contributed by atoms with van der Waals surface area (Å²) in [6.07, 6.45) is 2.41. The van der Waals surface area contributed by atoms with Crippen LogP contribution in [-0.2, 0) is 21.6 Å². The van der Waals surface area contributed by atoms with Crippen molar-refractivity contribution in [1.29, 1.82) is 0 Å². The smallest absolute Gasteiger partial charge is 0.263 e. The summed E-state index contributed by atoms with van der Waals surface area (Å²) in [7, 11) is -1.53. The predicted octanol–water partition coefficient (Wildman–Crippen LogP) is 0.282. The highest BCUT2D eigenvalue weighted by molar-refractivity contribution is 7.93. The molecule has 0 bridgehead atoms. The Hall–Kier alpha value is -1.57. The van der Waals surface area contributed by atoms with Crippen molar-refractivity contribution in [2.75, 3.05) is 6.26 Å². The second-order valence-electron chi connectivity index (χ2n) is 2.80. The van der Waals surface area contributed by atoms with Gasteiger partial charge in [0.1, 0.15) is 0 Å². The molecule has 0 spiro atoms. The first kappa shape index (κ1) is 11.5. The average molecular weight is 232 g/mol. The summed E-state index contributed by atoms with van der Waals surface area (Å²) in [4.78, 5) is 10.9. The molecular formula is C7H9FN4O2S. The van der Waals surface area contributed by atoms with E-state index in [2.05, 4.69) is 21.3 Å². The summed E-state index contributed by atoms with van der Waals surface area (Å²) in [5.41, 5.74) is 0. The van der Waals surface area contributed by atoms with Crippen LogP contribution in [0.25, 0.3) is 0 Å². The molecule has 0 aliphatic rings. The Morgan fingerprint density at radius 3 is 2.73 bits per heavy atom. The molecule has 0 aliphatic carbocycles. The fraction of sp³-hybridized carbons (Fsp3) is 0.286. The highest BCUT2D eigenvalue weighted by atomic mass is 32.2. The third-order valence-electron chi connectivity index (χ3n) is 1.55. The van der Waals surface area contributed by atoms with Gasteiger partial charge >= 0.3 is 5.91 Å². The van der Waals surface area contributed by atoms with Crippen molar-refractivity contribution in [3.63, 3.8) is 0 Å². The van der Waals surface area contributed by atoms with Crippen molar-refractivity contribution in [2.24, 2.45) is 11.4 Å². The standard InChI is InChI=1S/C7H9FN4O2S/c1-5(8)7(13)10-15(3,14)6-4-9-11-12(6)2/h4H,1H2,2-3H3. The zero-order valence-electron chi connectivity index (χ0n) is 8.18. The molecule has 0 radical (unpaired) electrons. The maximum absolute atomic E-state index is 12.4. The third-order valence-corrected chi connectivity index (χ3v) is 3.21. The molecule has 0 N–H and O–H groups in total. The second-order valence-corrected chi connectivity index (χ2v) is 5.01. The normalized spacial score (nSPS) is 14.3. The lowest BCUT2D eigenvalue weighted by Gasteiger charge is -2.01. The van der Waals surface area contributed by atoms with Gasteiger partial charge in [0.25, 0.3) is 0 Å². The van der Waals surface area contributed by atoms with Crippen molar-refractivity contribution >= 4 is 15.6 Å². The van der Waals surface area contributed by atoms with Crippen molar-refractivity contribution in [2.45, 2.75) is 5.03 Å². The maximum atomic E-state index is 12.4. The molecular weight excluding hydrogens is 223 g/mol. The number of amides is 1. The van der Waals surface area contributed by atoms with E-state index in [1.807, 2.05) is 0 Å². The lowest BCUT2D eigenvalue weighted by Crippen LogP contribution is -2.08. The van der Waals surface area contributed by atoms with Crippen LogP contribution < -0.4 is 0 Å². The van der Waals surface area contributed by atoms with Gasteiger partial charge in [0, 0.05) is 13.3 Å². The van der Waals surface area contributed by atoms with Gasteiger partial charge in [0.15, 0.2) is 10.9 Å². The average Bonchev–Trinajstić information content (AvgIpc) is 2.50.